The molecule has 2 aromatic rings. The number of nitrogens with zero attached hydrogens (tertiary/aromatic N) is 2. The summed E-state index contributed by atoms with van der Waals surface area (Å²) < 4.78 is 0. The third-order valence-electron chi connectivity index (χ3n) is 1.76. The van der Waals surface area contributed by atoms with Gasteiger partial charge in [-0.1, -0.05) is 35.0 Å². The van der Waals surface area contributed by atoms with Gasteiger partial charge in [0.25, 0.3) is 0 Å². The fraction of sp³-hybridized carbons (Fsp3) is 0.111. The number of aromatic nitrogens is 3. The second-order valence-corrected chi connectivity index (χ2v) is 2.72. The van der Waals surface area contributed by atoms with E-state index >= 15 is 0 Å². The molecular weight excluding hydrogens is 212 g/mol. The van der Waals surface area contributed by atoms with Crippen molar-refractivity contribution in [2.75, 3.05) is 0 Å². The van der Waals surface area contributed by atoms with Gasteiger partial charge in [-0.2, -0.15) is 0 Å². The van der Waals surface area contributed by atoms with E-state index in [2.05, 4.69) is 34.5 Å². The van der Waals surface area contributed by atoms with Crippen molar-refractivity contribution in [3.63, 3.8) is 0 Å². The number of rotatable bonds is 1. The van der Waals surface area contributed by atoms with Gasteiger partial charge in [-0.05, 0) is 6.92 Å². The van der Waals surface area contributed by atoms with Crippen molar-refractivity contribution in [2.24, 2.45) is 0 Å². The summed E-state index contributed by atoms with van der Waals surface area (Å²) in [5.41, 5.74) is 3.23. The maximum atomic E-state index is 3.91. The Morgan fingerprint density at radius 1 is 1.14 bits per heavy atom. The molecule has 0 saturated heterocycles. The van der Waals surface area contributed by atoms with Gasteiger partial charge in [-0.3, -0.25) is 5.10 Å². The Morgan fingerprint density at radius 3 is 2.29 bits per heavy atom. The van der Waals surface area contributed by atoms with Crippen molar-refractivity contribution in [2.45, 2.75) is 6.92 Å². The summed E-state index contributed by atoms with van der Waals surface area (Å²) >= 11 is 0. The topological polar surface area (TPSA) is 41.6 Å². The molecule has 0 aliphatic rings. The van der Waals surface area contributed by atoms with Crippen molar-refractivity contribution in [1.82, 2.24) is 15.4 Å². The van der Waals surface area contributed by atoms with E-state index < -0.39 is 0 Å². The van der Waals surface area contributed by atoms with Gasteiger partial charge in [0.15, 0.2) is 0 Å². The number of hydrogen-bond donors (Lipinski definition) is 1. The molecule has 0 atom stereocenters. The molecule has 1 aromatic heterocycles. The Bertz CT molecular complexity index is 358. The Kier molecular flexibility index (Phi) is 7.82. The summed E-state index contributed by atoms with van der Waals surface area (Å²) in [6.45, 7) is 2.06. The summed E-state index contributed by atoms with van der Waals surface area (Å²) in [5.74, 6) is 0. The SMILES string of the molecule is Cc1ccc(-c2c[nH]nn2)cc1.[KH].[NaH]. The monoisotopic (exact) mass is 223 g/mol. The molecule has 14 heavy (non-hydrogen) atoms. The van der Waals surface area contributed by atoms with Crippen LogP contribution in [0.4, 0.5) is 0 Å². The van der Waals surface area contributed by atoms with Crippen molar-refractivity contribution in [3.05, 3.63) is 36.0 Å². The maximum absolute atomic E-state index is 3.91. The summed E-state index contributed by atoms with van der Waals surface area (Å²) in [6, 6.07) is 8.19. The normalized spacial score (nSPS) is 8.64. The second-order valence-electron chi connectivity index (χ2n) is 2.72. The first-order valence-corrected chi connectivity index (χ1v) is 3.80. The number of aromatic amines is 1. The van der Waals surface area contributed by atoms with Crippen LogP contribution in [-0.2, 0) is 0 Å². The molecule has 0 amide bonds. The van der Waals surface area contributed by atoms with Crippen LogP contribution in [0, 0.1) is 6.92 Å². The first-order chi connectivity index (χ1) is 5.86. The fourth-order valence-electron chi connectivity index (χ4n) is 1.07. The molecular formula is C9H11KN3Na. The molecule has 1 heterocycles. The zero-order chi connectivity index (χ0) is 8.39. The molecule has 5 heteroatoms. The van der Waals surface area contributed by atoms with Gasteiger partial charge in [-0.25, -0.2) is 0 Å². The molecule has 0 saturated carbocycles. The molecule has 2 rings (SSSR count). The molecule has 0 aliphatic carbocycles. The average Bonchev–Trinajstić information content (AvgIpc) is 2.58. The van der Waals surface area contributed by atoms with E-state index in [1.807, 2.05) is 12.1 Å². The standard InChI is InChI=1S/C9H9N3.K.Na.2H/c1-7-2-4-8(5-3-7)9-6-10-12-11-9;;;;/h2-6H,1H3,(H,10,11,12);;;;. The van der Waals surface area contributed by atoms with E-state index in [-0.39, 0.29) is 80.9 Å². The number of H-pyrrole nitrogens is 1. The Labute approximate surface area is 148 Å². The van der Waals surface area contributed by atoms with Crippen LogP contribution in [0.5, 0.6) is 0 Å². The molecule has 0 spiro atoms. The van der Waals surface area contributed by atoms with Crippen molar-refractivity contribution < 1.29 is 0 Å². The van der Waals surface area contributed by atoms with Crippen LogP contribution in [0.2, 0.25) is 0 Å². The van der Waals surface area contributed by atoms with Gasteiger partial charge in [0.05, 0.1) is 0 Å². The molecule has 1 aromatic carbocycles. The summed E-state index contributed by atoms with van der Waals surface area (Å²) in [7, 11) is 0. The van der Waals surface area contributed by atoms with Crippen LogP contribution in [-0.4, -0.2) is 96.4 Å². The van der Waals surface area contributed by atoms with Crippen molar-refractivity contribution in [3.8, 4) is 11.3 Å². The summed E-state index contributed by atoms with van der Waals surface area (Å²) in [5, 5.41) is 10.2. The van der Waals surface area contributed by atoms with Gasteiger partial charge in [0.1, 0.15) is 5.69 Å². The van der Waals surface area contributed by atoms with Crippen LogP contribution in [0.3, 0.4) is 0 Å². The Morgan fingerprint density at radius 2 is 1.79 bits per heavy atom. The van der Waals surface area contributed by atoms with Crippen LogP contribution < -0.4 is 0 Å². The minimum absolute atomic E-state index is 0. The van der Waals surface area contributed by atoms with Crippen molar-refractivity contribution in [1.29, 1.82) is 0 Å². The van der Waals surface area contributed by atoms with Gasteiger partial charge in [-0.15, -0.1) is 5.10 Å². The van der Waals surface area contributed by atoms with Crippen LogP contribution in [0.15, 0.2) is 30.5 Å². The molecule has 0 bridgehead atoms. The molecule has 0 fully saturated rings. The quantitative estimate of drug-likeness (QED) is 0.715. The van der Waals surface area contributed by atoms with E-state index in [0.29, 0.717) is 0 Å². The molecule has 64 valence electrons. The molecule has 1 N–H and O–H groups in total. The zero-order valence-corrected chi connectivity index (χ0v) is 6.78. The average molecular weight is 223 g/mol. The van der Waals surface area contributed by atoms with Crippen molar-refractivity contribution >= 4 is 80.9 Å². The molecule has 0 radical (unpaired) electrons. The van der Waals surface area contributed by atoms with Crippen LogP contribution in [0.1, 0.15) is 5.56 Å². The van der Waals surface area contributed by atoms with E-state index in [4.69, 9.17) is 0 Å². The predicted molar refractivity (Wildman–Crippen MR) is 60.9 cm³/mol. The first-order valence-electron chi connectivity index (χ1n) is 3.80. The Balaban J connectivity index is 0.000000845. The van der Waals surface area contributed by atoms with E-state index in [9.17, 15) is 0 Å². The van der Waals surface area contributed by atoms with Gasteiger partial charge < -0.3 is 0 Å². The van der Waals surface area contributed by atoms with E-state index in [1.54, 1.807) is 6.20 Å². The number of benzene rings is 1. The second kappa shape index (κ2) is 7.30. The number of nitrogens with one attached hydrogen (secondary N) is 1. The third kappa shape index (κ3) is 3.87. The van der Waals surface area contributed by atoms with Crippen LogP contribution in [0.25, 0.3) is 11.3 Å². The zero-order valence-electron chi connectivity index (χ0n) is 6.78. The molecule has 0 aliphatic heterocycles. The minimum atomic E-state index is 0. The van der Waals surface area contributed by atoms with E-state index in [0.717, 1.165) is 11.3 Å². The third-order valence-corrected chi connectivity index (χ3v) is 1.76. The molecule has 3 nitrogen and oxygen atoms in total. The summed E-state index contributed by atoms with van der Waals surface area (Å²) in [4.78, 5) is 0. The molecule has 0 unspecified atom stereocenters. The van der Waals surface area contributed by atoms with Gasteiger partial charge in [0, 0.05) is 11.8 Å². The number of aryl methyl sites for hydroxylation is 1. The summed E-state index contributed by atoms with van der Waals surface area (Å²) in [6.07, 6.45) is 1.78. The van der Waals surface area contributed by atoms with Crippen LogP contribution >= 0.6 is 0 Å². The predicted octanol–water partition coefficient (Wildman–Crippen LogP) is 0.483. The Hall–Kier alpha value is 0.996. The van der Waals surface area contributed by atoms with E-state index in [1.165, 1.54) is 5.56 Å². The first kappa shape index (κ1) is 15.0. The van der Waals surface area contributed by atoms with Gasteiger partial charge >= 0.3 is 80.9 Å². The number of hydrogen-bond acceptors (Lipinski definition) is 2. The fourth-order valence-corrected chi connectivity index (χ4v) is 1.07. The van der Waals surface area contributed by atoms with Gasteiger partial charge in [0.2, 0.25) is 0 Å².